The Kier molecular flexibility index (Phi) is 3.64. The van der Waals surface area contributed by atoms with E-state index in [4.69, 9.17) is 15.6 Å². The van der Waals surface area contributed by atoms with Gasteiger partial charge < -0.3 is 15.6 Å². The van der Waals surface area contributed by atoms with Gasteiger partial charge in [-0.1, -0.05) is 6.07 Å². The predicted molar refractivity (Wildman–Crippen MR) is 64.2 cm³/mol. The third kappa shape index (κ3) is 3.20. The first-order valence-electron chi connectivity index (χ1n) is 5.87. The van der Waals surface area contributed by atoms with Crippen LogP contribution in [0.15, 0.2) is 18.2 Å². The van der Waals surface area contributed by atoms with E-state index in [1.165, 1.54) is 17.5 Å². The molecule has 0 bridgehead atoms. The van der Waals surface area contributed by atoms with Crippen LogP contribution in [0.2, 0.25) is 0 Å². The zero-order valence-electron chi connectivity index (χ0n) is 9.69. The fourth-order valence-electron chi connectivity index (χ4n) is 2.12. The molecular weight excluding hydrogens is 218 g/mol. The van der Waals surface area contributed by atoms with Crippen LogP contribution in [0, 0.1) is 0 Å². The number of nitrogens with two attached hydrogens (primary N) is 1. The summed E-state index contributed by atoms with van der Waals surface area (Å²) in [4.78, 5) is 10.4. The molecule has 0 saturated carbocycles. The number of aliphatic carboxylic acids is 1. The summed E-state index contributed by atoms with van der Waals surface area (Å²) in [6.45, 7) is 0.241. The Bertz CT molecular complexity index is 417. The molecule has 0 saturated heterocycles. The average Bonchev–Trinajstić information content (AvgIpc) is 2.72. The first-order chi connectivity index (χ1) is 8.15. The Balaban J connectivity index is 1.89. The fraction of sp³-hybridized carbons (Fsp3) is 0.462. The monoisotopic (exact) mass is 235 g/mol. The molecule has 92 valence electrons. The minimum atomic E-state index is -0.893. The molecule has 4 heteroatoms. The SMILES string of the molecule is NC(COc1ccc2c(c1)CCC2)CC(=O)O. The smallest absolute Gasteiger partial charge is 0.305 e. The van der Waals surface area contributed by atoms with Crippen molar-refractivity contribution in [2.24, 2.45) is 5.73 Å². The number of fused-ring (bicyclic) bond motifs is 1. The van der Waals surface area contributed by atoms with Crippen LogP contribution in [-0.4, -0.2) is 23.7 Å². The molecule has 17 heavy (non-hydrogen) atoms. The van der Waals surface area contributed by atoms with Crippen LogP contribution < -0.4 is 10.5 Å². The van der Waals surface area contributed by atoms with Crippen LogP contribution in [0.25, 0.3) is 0 Å². The molecule has 1 atom stereocenters. The largest absolute Gasteiger partial charge is 0.492 e. The minimum absolute atomic E-state index is 0.0645. The molecule has 0 fully saturated rings. The minimum Gasteiger partial charge on any atom is -0.492 e. The van der Waals surface area contributed by atoms with Crippen LogP contribution in [0.1, 0.15) is 24.0 Å². The van der Waals surface area contributed by atoms with Crippen molar-refractivity contribution in [2.45, 2.75) is 31.7 Å². The highest BCUT2D eigenvalue weighted by atomic mass is 16.5. The Morgan fingerprint density at radius 2 is 2.18 bits per heavy atom. The van der Waals surface area contributed by atoms with Crippen LogP contribution in [0.5, 0.6) is 5.75 Å². The van der Waals surface area contributed by atoms with E-state index in [-0.39, 0.29) is 13.0 Å². The summed E-state index contributed by atoms with van der Waals surface area (Å²) >= 11 is 0. The molecule has 1 aliphatic rings. The predicted octanol–water partition coefficient (Wildman–Crippen LogP) is 1.36. The molecule has 0 heterocycles. The van der Waals surface area contributed by atoms with Gasteiger partial charge in [-0.2, -0.15) is 0 Å². The number of hydrogen-bond donors (Lipinski definition) is 2. The van der Waals surface area contributed by atoms with Crippen molar-refractivity contribution in [3.63, 3.8) is 0 Å². The fourth-order valence-corrected chi connectivity index (χ4v) is 2.12. The number of benzene rings is 1. The van der Waals surface area contributed by atoms with Crippen LogP contribution in [-0.2, 0) is 17.6 Å². The summed E-state index contributed by atoms with van der Waals surface area (Å²) in [7, 11) is 0. The lowest BCUT2D eigenvalue weighted by Crippen LogP contribution is -2.30. The maximum absolute atomic E-state index is 10.4. The zero-order valence-corrected chi connectivity index (χ0v) is 9.69. The van der Waals surface area contributed by atoms with Gasteiger partial charge in [-0.15, -0.1) is 0 Å². The van der Waals surface area contributed by atoms with E-state index in [1.54, 1.807) is 0 Å². The Hall–Kier alpha value is -1.55. The molecule has 3 N–H and O–H groups in total. The molecule has 1 aromatic carbocycles. The van der Waals surface area contributed by atoms with Crippen LogP contribution in [0.4, 0.5) is 0 Å². The third-order valence-corrected chi connectivity index (χ3v) is 2.97. The molecule has 2 rings (SSSR count). The topological polar surface area (TPSA) is 72.5 Å². The summed E-state index contributed by atoms with van der Waals surface area (Å²) in [5.41, 5.74) is 8.37. The third-order valence-electron chi connectivity index (χ3n) is 2.97. The Morgan fingerprint density at radius 3 is 2.94 bits per heavy atom. The zero-order chi connectivity index (χ0) is 12.3. The highest BCUT2D eigenvalue weighted by Crippen LogP contribution is 2.25. The van der Waals surface area contributed by atoms with E-state index in [1.807, 2.05) is 12.1 Å². The molecule has 0 aromatic heterocycles. The number of hydrogen-bond acceptors (Lipinski definition) is 3. The lowest BCUT2D eigenvalue weighted by atomic mass is 10.1. The molecule has 0 amide bonds. The van der Waals surface area contributed by atoms with Crippen molar-refractivity contribution in [3.05, 3.63) is 29.3 Å². The van der Waals surface area contributed by atoms with Crippen molar-refractivity contribution in [1.82, 2.24) is 0 Å². The van der Waals surface area contributed by atoms with Gasteiger partial charge in [0.15, 0.2) is 0 Å². The Labute approximate surface area is 100 Å². The highest BCUT2D eigenvalue weighted by Gasteiger charge is 2.12. The van der Waals surface area contributed by atoms with E-state index in [2.05, 4.69) is 6.07 Å². The van der Waals surface area contributed by atoms with E-state index in [9.17, 15) is 4.79 Å². The second-order valence-electron chi connectivity index (χ2n) is 4.45. The standard InChI is InChI=1S/C13H17NO3/c14-11(7-13(15)16)8-17-12-5-4-9-2-1-3-10(9)6-12/h4-6,11H,1-3,7-8,14H2,(H,15,16). The lowest BCUT2D eigenvalue weighted by Gasteiger charge is -2.12. The second kappa shape index (κ2) is 5.19. The summed E-state index contributed by atoms with van der Waals surface area (Å²) < 4.78 is 5.51. The molecule has 0 aliphatic heterocycles. The van der Waals surface area contributed by atoms with Gasteiger partial charge in [0.25, 0.3) is 0 Å². The highest BCUT2D eigenvalue weighted by molar-refractivity contribution is 5.67. The molecule has 1 aliphatic carbocycles. The van der Waals surface area contributed by atoms with Crippen molar-refractivity contribution in [3.8, 4) is 5.75 Å². The molecule has 0 radical (unpaired) electrons. The van der Waals surface area contributed by atoms with E-state index < -0.39 is 12.0 Å². The summed E-state index contributed by atoms with van der Waals surface area (Å²) in [5, 5.41) is 8.57. The first kappa shape index (κ1) is 11.9. The molecule has 4 nitrogen and oxygen atoms in total. The van der Waals surface area contributed by atoms with Crippen LogP contribution in [0.3, 0.4) is 0 Å². The molecule has 0 spiro atoms. The first-order valence-corrected chi connectivity index (χ1v) is 5.87. The van der Waals surface area contributed by atoms with Gasteiger partial charge in [0.05, 0.1) is 6.42 Å². The van der Waals surface area contributed by atoms with Gasteiger partial charge in [-0.3, -0.25) is 4.79 Å². The van der Waals surface area contributed by atoms with Gasteiger partial charge in [0.1, 0.15) is 12.4 Å². The maximum Gasteiger partial charge on any atom is 0.305 e. The van der Waals surface area contributed by atoms with Gasteiger partial charge in [0, 0.05) is 6.04 Å². The van der Waals surface area contributed by atoms with Gasteiger partial charge in [-0.25, -0.2) is 0 Å². The number of carbonyl (C=O) groups is 1. The summed E-state index contributed by atoms with van der Waals surface area (Å²) in [6.07, 6.45) is 3.39. The maximum atomic E-state index is 10.4. The number of rotatable bonds is 5. The van der Waals surface area contributed by atoms with Gasteiger partial charge >= 0.3 is 5.97 Å². The molecular formula is C13H17NO3. The van der Waals surface area contributed by atoms with E-state index in [0.717, 1.165) is 18.6 Å². The van der Waals surface area contributed by atoms with E-state index in [0.29, 0.717) is 0 Å². The second-order valence-corrected chi connectivity index (χ2v) is 4.45. The normalized spacial score (nSPS) is 15.4. The number of ether oxygens (including phenoxy) is 1. The van der Waals surface area contributed by atoms with Gasteiger partial charge in [-0.05, 0) is 42.5 Å². The van der Waals surface area contributed by atoms with E-state index >= 15 is 0 Å². The summed E-state index contributed by atoms with van der Waals surface area (Å²) in [5.74, 6) is -0.110. The van der Waals surface area contributed by atoms with Crippen molar-refractivity contribution in [2.75, 3.05) is 6.61 Å². The number of carboxylic acid groups (broad SMARTS) is 1. The molecule has 1 aromatic rings. The Morgan fingerprint density at radius 1 is 1.41 bits per heavy atom. The quantitative estimate of drug-likeness (QED) is 0.808. The average molecular weight is 235 g/mol. The van der Waals surface area contributed by atoms with Crippen LogP contribution >= 0.6 is 0 Å². The number of carboxylic acids is 1. The van der Waals surface area contributed by atoms with Gasteiger partial charge in [0.2, 0.25) is 0 Å². The summed E-state index contributed by atoms with van der Waals surface area (Å²) in [6, 6.07) is 5.59. The van der Waals surface area contributed by atoms with Crippen molar-refractivity contribution >= 4 is 5.97 Å². The van der Waals surface area contributed by atoms with Crippen molar-refractivity contribution in [1.29, 1.82) is 0 Å². The molecule has 1 unspecified atom stereocenters. The lowest BCUT2D eigenvalue weighted by molar-refractivity contribution is -0.137. The number of aryl methyl sites for hydroxylation is 2. The van der Waals surface area contributed by atoms with Crippen molar-refractivity contribution < 1.29 is 14.6 Å².